The average Bonchev–Trinajstić information content (AvgIpc) is 2.72. The van der Waals surface area contributed by atoms with Crippen LogP contribution >= 0.6 is 27.3 Å². The Bertz CT molecular complexity index is 541. The molecule has 6 heteroatoms. The molecule has 0 fully saturated rings. The molecule has 17 heavy (non-hydrogen) atoms. The molecular formula is C11H10BrN3OS. The maximum absolute atomic E-state index is 11.8. The molecule has 0 aliphatic carbocycles. The number of nitrogens with one attached hydrogen (secondary N) is 1. The Kier molecular flexibility index (Phi) is 3.75. The van der Waals surface area contributed by atoms with Gasteiger partial charge in [-0.3, -0.25) is 9.78 Å². The molecule has 2 aromatic rings. The monoisotopic (exact) mass is 311 g/mol. The van der Waals surface area contributed by atoms with Gasteiger partial charge in [0.25, 0.3) is 5.91 Å². The first-order valence-corrected chi connectivity index (χ1v) is 6.55. The van der Waals surface area contributed by atoms with Crippen molar-refractivity contribution in [3.63, 3.8) is 0 Å². The van der Waals surface area contributed by atoms with Crippen molar-refractivity contribution in [2.45, 2.75) is 6.54 Å². The highest BCUT2D eigenvalue weighted by atomic mass is 79.9. The van der Waals surface area contributed by atoms with E-state index in [-0.39, 0.29) is 5.91 Å². The van der Waals surface area contributed by atoms with Gasteiger partial charge in [-0.2, -0.15) is 0 Å². The first-order chi connectivity index (χ1) is 8.18. The van der Waals surface area contributed by atoms with Gasteiger partial charge in [0.05, 0.1) is 12.1 Å². The molecule has 1 amide bonds. The van der Waals surface area contributed by atoms with Crippen LogP contribution in [-0.4, -0.2) is 10.9 Å². The second-order valence-electron chi connectivity index (χ2n) is 3.34. The third kappa shape index (κ3) is 2.83. The summed E-state index contributed by atoms with van der Waals surface area (Å²) < 4.78 is 1.00. The molecule has 0 saturated heterocycles. The van der Waals surface area contributed by atoms with E-state index in [9.17, 15) is 4.79 Å². The second-order valence-corrected chi connectivity index (χ2v) is 5.19. The standard InChI is InChI=1S/C11H10BrN3OS/c12-8-2-4-17-10(8)6-15-11(16)7-5-14-3-1-9(7)13/h1-5H,6H2,(H2,13,14)(H,15,16). The van der Waals surface area contributed by atoms with Gasteiger partial charge in [-0.05, 0) is 33.4 Å². The van der Waals surface area contributed by atoms with Gasteiger partial charge in [0.15, 0.2) is 0 Å². The van der Waals surface area contributed by atoms with Crippen LogP contribution in [0.25, 0.3) is 0 Å². The van der Waals surface area contributed by atoms with Crippen LogP contribution in [0, 0.1) is 0 Å². The van der Waals surface area contributed by atoms with Gasteiger partial charge in [-0.1, -0.05) is 0 Å². The molecule has 0 aliphatic heterocycles. The zero-order valence-electron chi connectivity index (χ0n) is 8.81. The van der Waals surface area contributed by atoms with Gasteiger partial charge in [0, 0.05) is 27.4 Å². The number of anilines is 1. The fraction of sp³-hybridized carbons (Fsp3) is 0.0909. The molecule has 0 aliphatic rings. The Balaban J connectivity index is 2.04. The lowest BCUT2D eigenvalue weighted by atomic mass is 10.2. The molecule has 0 spiro atoms. The summed E-state index contributed by atoms with van der Waals surface area (Å²) in [4.78, 5) is 16.8. The predicted molar refractivity (Wildman–Crippen MR) is 71.8 cm³/mol. The molecular weight excluding hydrogens is 302 g/mol. The van der Waals surface area contributed by atoms with Gasteiger partial charge < -0.3 is 11.1 Å². The van der Waals surface area contributed by atoms with Gasteiger partial charge in [-0.15, -0.1) is 11.3 Å². The lowest BCUT2D eigenvalue weighted by Crippen LogP contribution is -2.23. The van der Waals surface area contributed by atoms with Gasteiger partial charge in [0.1, 0.15) is 0 Å². The maximum atomic E-state index is 11.8. The molecule has 0 atom stereocenters. The van der Waals surface area contributed by atoms with Gasteiger partial charge in [-0.25, -0.2) is 0 Å². The van der Waals surface area contributed by atoms with Crippen molar-refractivity contribution < 1.29 is 4.79 Å². The smallest absolute Gasteiger partial charge is 0.255 e. The van der Waals surface area contributed by atoms with E-state index in [0.717, 1.165) is 9.35 Å². The highest BCUT2D eigenvalue weighted by Gasteiger charge is 2.10. The molecule has 3 N–H and O–H groups in total. The van der Waals surface area contributed by atoms with Crippen molar-refractivity contribution in [2.75, 3.05) is 5.73 Å². The van der Waals surface area contributed by atoms with Crippen LogP contribution in [0.15, 0.2) is 34.4 Å². The van der Waals surface area contributed by atoms with Gasteiger partial charge in [0.2, 0.25) is 0 Å². The van der Waals surface area contributed by atoms with Crippen molar-refractivity contribution in [1.82, 2.24) is 10.3 Å². The number of thiophene rings is 1. The summed E-state index contributed by atoms with van der Waals surface area (Å²) in [6.07, 6.45) is 3.02. The van der Waals surface area contributed by atoms with E-state index in [0.29, 0.717) is 17.8 Å². The Morgan fingerprint density at radius 2 is 2.35 bits per heavy atom. The van der Waals surface area contributed by atoms with Crippen molar-refractivity contribution >= 4 is 38.9 Å². The largest absolute Gasteiger partial charge is 0.398 e. The number of pyridine rings is 1. The molecule has 0 unspecified atom stereocenters. The second kappa shape index (κ2) is 5.29. The molecule has 0 radical (unpaired) electrons. The van der Waals surface area contributed by atoms with Crippen molar-refractivity contribution in [3.8, 4) is 0 Å². The minimum Gasteiger partial charge on any atom is -0.398 e. The summed E-state index contributed by atoms with van der Waals surface area (Å²) in [5.41, 5.74) is 6.53. The van der Waals surface area contributed by atoms with Crippen molar-refractivity contribution in [2.24, 2.45) is 0 Å². The lowest BCUT2D eigenvalue weighted by molar-refractivity contribution is 0.0952. The number of aromatic nitrogens is 1. The van der Waals surface area contributed by atoms with Crippen LogP contribution in [0.5, 0.6) is 0 Å². The topological polar surface area (TPSA) is 68.0 Å². The zero-order valence-corrected chi connectivity index (χ0v) is 11.2. The number of nitrogens with zero attached hydrogens (tertiary/aromatic N) is 1. The first-order valence-electron chi connectivity index (χ1n) is 4.88. The van der Waals surface area contributed by atoms with Crippen LogP contribution in [0.4, 0.5) is 5.69 Å². The van der Waals surface area contributed by atoms with Gasteiger partial charge >= 0.3 is 0 Å². The Labute approximate surface area is 111 Å². The average molecular weight is 312 g/mol. The number of hydrogen-bond acceptors (Lipinski definition) is 4. The number of carbonyl (C=O) groups is 1. The minimum atomic E-state index is -0.212. The summed E-state index contributed by atoms with van der Waals surface area (Å²) >= 11 is 4.99. The number of carbonyl (C=O) groups excluding carboxylic acids is 1. The lowest BCUT2D eigenvalue weighted by Gasteiger charge is -2.06. The normalized spacial score (nSPS) is 10.2. The number of hydrogen-bond donors (Lipinski definition) is 2. The number of amides is 1. The van der Waals surface area contributed by atoms with Crippen molar-refractivity contribution in [3.05, 3.63) is 44.8 Å². The minimum absolute atomic E-state index is 0.212. The molecule has 2 heterocycles. The fourth-order valence-corrected chi connectivity index (χ4v) is 2.73. The predicted octanol–water partition coefficient (Wildman–Crippen LogP) is 2.42. The van der Waals surface area contributed by atoms with E-state index in [1.54, 1.807) is 23.6 Å². The Morgan fingerprint density at radius 1 is 1.53 bits per heavy atom. The quantitative estimate of drug-likeness (QED) is 0.914. The third-order valence-electron chi connectivity index (χ3n) is 2.20. The summed E-state index contributed by atoms with van der Waals surface area (Å²) in [5.74, 6) is -0.212. The van der Waals surface area contributed by atoms with E-state index in [1.807, 2.05) is 11.4 Å². The zero-order chi connectivity index (χ0) is 12.3. The molecule has 2 aromatic heterocycles. The highest BCUT2D eigenvalue weighted by Crippen LogP contribution is 2.22. The molecule has 88 valence electrons. The number of nitrogens with two attached hydrogens (primary N) is 1. The Morgan fingerprint density at radius 3 is 3.00 bits per heavy atom. The summed E-state index contributed by atoms with van der Waals surface area (Å²) in [6, 6.07) is 3.56. The molecule has 4 nitrogen and oxygen atoms in total. The van der Waals surface area contributed by atoms with Crippen LogP contribution in [0.1, 0.15) is 15.2 Å². The Hall–Kier alpha value is -1.40. The van der Waals surface area contributed by atoms with Crippen LogP contribution in [-0.2, 0) is 6.54 Å². The van der Waals surface area contributed by atoms with Crippen LogP contribution in [0.3, 0.4) is 0 Å². The summed E-state index contributed by atoms with van der Waals surface area (Å²) in [6.45, 7) is 0.478. The summed E-state index contributed by atoms with van der Waals surface area (Å²) in [7, 11) is 0. The number of nitrogen functional groups attached to an aromatic ring is 1. The van der Waals surface area contributed by atoms with E-state index in [4.69, 9.17) is 5.73 Å². The number of rotatable bonds is 3. The molecule has 0 bridgehead atoms. The van der Waals surface area contributed by atoms with Crippen LogP contribution < -0.4 is 11.1 Å². The van der Waals surface area contributed by atoms with Crippen LogP contribution in [0.2, 0.25) is 0 Å². The highest BCUT2D eigenvalue weighted by molar-refractivity contribution is 9.10. The van der Waals surface area contributed by atoms with E-state index in [2.05, 4.69) is 26.2 Å². The maximum Gasteiger partial charge on any atom is 0.255 e. The SMILES string of the molecule is Nc1ccncc1C(=O)NCc1sccc1Br. The summed E-state index contributed by atoms with van der Waals surface area (Å²) in [5, 5.41) is 4.77. The number of halogens is 1. The molecule has 0 saturated carbocycles. The fourth-order valence-electron chi connectivity index (χ4n) is 1.30. The first kappa shape index (κ1) is 12.1. The van der Waals surface area contributed by atoms with Crippen molar-refractivity contribution in [1.29, 1.82) is 0 Å². The third-order valence-corrected chi connectivity index (χ3v) is 4.13. The van der Waals surface area contributed by atoms with E-state index >= 15 is 0 Å². The van der Waals surface area contributed by atoms with E-state index in [1.165, 1.54) is 6.20 Å². The molecule has 2 rings (SSSR count). The molecule has 0 aromatic carbocycles. The van der Waals surface area contributed by atoms with E-state index < -0.39 is 0 Å².